The molecule has 0 aromatic heterocycles. The number of aryl methyl sites for hydroxylation is 2. The molecule has 0 unspecified atom stereocenters. The molecule has 1 aliphatic carbocycles. The molecule has 2 aromatic carbocycles. The topological polar surface area (TPSA) is 78.5 Å². The number of nitrogens with zero attached hydrogens (tertiary/aromatic N) is 1. The van der Waals surface area contributed by atoms with E-state index in [-0.39, 0.29) is 16.8 Å². The molecular formula is C23H29N3O3S. The number of hydrogen-bond donors (Lipinski definition) is 2. The summed E-state index contributed by atoms with van der Waals surface area (Å²) in [6.45, 7) is 5.81. The number of likely N-dealkylation sites (tertiary alicyclic amines) is 1. The van der Waals surface area contributed by atoms with E-state index >= 15 is 0 Å². The highest BCUT2D eigenvalue weighted by Gasteiger charge is 2.32. The summed E-state index contributed by atoms with van der Waals surface area (Å²) in [5.41, 5.74) is 2.72. The lowest BCUT2D eigenvalue weighted by Crippen LogP contribution is -2.45. The van der Waals surface area contributed by atoms with E-state index in [0.29, 0.717) is 11.3 Å². The van der Waals surface area contributed by atoms with Crippen LogP contribution in [0, 0.1) is 13.8 Å². The zero-order valence-electron chi connectivity index (χ0n) is 17.5. The van der Waals surface area contributed by atoms with Crippen LogP contribution >= 0.6 is 0 Å². The molecule has 2 N–H and O–H groups in total. The van der Waals surface area contributed by atoms with Crippen LogP contribution in [-0.2, 0) is 10.0 Å². The van der Waals surface area contributed by atoms with E-state index in [1.165, 1.54) is 25.0 Å². The predicted octanol–water partition coefficient (Wildman–Crippen LogP) is 3.46. The van der Waals surface area contributed by atoms with Gasteiger partial charge in [0, 0.05) is 36.4 Å². The normalized spacial score (nSPS) is 18.2. The molecule has 1 amide bonds. The molecular weight excluding hydrogens is 398 g/mol. The molecule has 6 nitrogen and oxygen atoms in total. The van der Waals surface area contributed by atoms with Gasteiger partial charge in [0.1, 0.15) is 0 Å². The lowest BCUT2D eigenvalue weighted by atomic mass is 10.0. The van der Waals surface area contributed by atoms with Crippen molar-refractivity contribution in [3.8, 4) is 0 Å². The molecule has 1 aliphatic heterocycles. The van der Waals surface area contributed by atoms with Crippen molar-refractivity contribution in [3.05, 3.63) is 59.2 Å². The second kappa shape index (κ2) is 8.40. The van der Waals surface area contributed by atoms with Gasteiger partial charge in [-0.3, -0.25) is 9.52 Å². The third kappa shape index (κ3) is 4.84. The fourth-order valence-corrected chi connectivity index (χ4v) is 5.04. The van der Waals surface area contributed by atoms with Gasteiger partial charge < -0.3 is 10.2 Å². The molecule has 1 heterocycles. The first-order valence-electron chi connectivity index (χ1n) is 10.6. The Morgan fingerprint density at radius 1 is 0.967 bits per heavy atom. The molecule has 0 spiro atoms. The first-order chi connectivity index (χ1) is 14.3. The lowest BCUT2D eigenvalue weighted by Gasteiger charge is -2.32. The maximum atomic E-state index is 12.9. The summed E-state index contributed by atoms with van der Waals surface area (Å²) in [4.78, 5) is 15.5. The number of piperidine rings is 1. The molecule has 1 saturated carbocycles. The molecule has 1 saturated heterocycles. The quantitative estimate of drug-likeness (QED) is 0.740. The molecule has 2 aliphatic rings. The zero-order valence-corrected chi connectivity index (χ0v) is 18.3. The van der Waals surface area contributed by atoms with Crippen molar-refractivity contribution in [2.45, 2.75) is 56.5 Å². The first-order valence-corrected chi connectivity index (χ1v) is 12.1. The van der Waals surface area contributed by atoms with Crippen molar-refractivity contribution >= 4 is 21.6 Å². The average Bonchev–Trinajstić information content (AvgIpc) is 3.55. The minimum Gasteiger partial charge on any atom is -0.349 e. The summed E-state index contributed by atoms with van der Waals surface area (Å²) >= 11 is 0. The van der Waals surface area contributed by atoms with Gasteiger partial charge in [0.25, 0.3) is 15.9 Å². The zero-order chi connectivity index (χ0) is 21.3. The van der Waals surface area contributed by atoms with Crippen molar-refractivity contribution in [1.82, 2.24) is 10.2 Å². The van der Waals surface area contributed by atoms with Gasteiger partial charge in [0.05, 0.1) is 4.90 Å². The summed E-state index contributed by atoms with van der Waals surface area (Å²) in [7, 11) is -3.78. The number of sulfonamides is 1. The standard InChI is InChI=1S/C23H29N3O3S/c1-16-3-6-19(7-4-16)25-30(28,29)21-10-5-17(2)22(15-21)23(27)24-18-11-13-26(14-12-18)20-8-9-20/h3-7,10,15,18,20,25H,8-9,11-14H2,1-2H3,(H,24,27). The molecule has 160 valence electrons. The largest absolute Gasteiger partial charge is 0.349 e. The van der Waals surface area contributed by atoms with Crippen molar-refractivity contribution in [2.24, 2.45) is 0 Å². The number of carbonyl (C=O) groups is 1. The van der Waals surface area contributed by atoms with E-state index in [2.05, 4.69) is 14.9 Å². The Morgan fingerprint density at radius 2 is 1.63 bits per heavy atom. The molecule has 7 heteroatoms. The monoisotopic (exact) mass is 427 g/mol. The van der Waals surface area contributed by atoms with Crippen LogP contribution in [0.5, 0.6) is 0 Å². The maximum absolute atomic E-state index is 12.9. The Hall–Kier alpha value is -2.38. The van der Waals surface area contributed by atoms with Gasteiger partial charge >= 0.3 is 0 Å². The summed E-state index contributed by atoms with van der Waals surface area (Å²) in [6.07, 6.45) is 4.48. The van der Waals surface area contributed by atoms with E-state index in [1.54, 1.807) is 18.2 Å². The van der Waals surface area contributed by atoms with Crippen molar-refractivity contribution in [3.63, 3.8) is 0 Å². The third-order valence-electron chi connectivity index (χ3n) is 6.00. The van der Waals surface area contributed by atoms with Crippen molar-refractivity contribution < 1.29 is 13.2 Å². The van der Waals surface area contributed by atoms with E-state index in [4.69, 9.17) is 0 Å². The van der Waals surface area contributed by atoms with Crippen molar-refractivity contribution in [2.75, 3.05) is 17.8 Å². The minimum atomic E-state index is -3.78. The summed E-state index contributed by atoms with van der Waals surface area (Å²) in [5.74, 6) is -0.204. The smallest absolute Gasteiger partial charge is 0.261 e. The fraction of sp³-hybridized carbons (Fsp3) is 0.435. The summed E-state index contributed by atoms with van der Waals surface area (Å²) in [5, 5.41) is 3.11. The van der Waals surface area contributed by atoms with Crippen LogP contribution in [0.2, 0.25) is 0 Å². The summed E-state index contributed by atoms with van der Waals surface area (Å²) < 4.78 is 28.2. The Bertz CT molecular complexity index is 1020. The van der Waals surface area contributed by atoms with Crippen LogP contribution in [0.4, 0.5) is 5.69 Å². The Balaban J connectivity index is 1.45. The molecule has 2 aromatic rings. The van der Waals surface area contributed by atoms with Crippen LogP contribution in [0.1, 0.15) is 47.2 Å². The number of anilines is 1. The first kappa shape index (κ1) is 20.9. The maximum Gasteiger partial charge on any atom is 0.261 e. The second-order valence-electron chi connectivity index (χ2n) is 8.46. The second-order valence-corrected chi connectivity index (χ2v) is 10.1. The molecule has 4 rings (SSSR count). The number of hydrogen-bond acceptors (Lipinski definition) is 4. The van der Waals surface area contributed by atoms with Gasteiger partial charge in [-0.25, -0.2) is 8.42 Å². The van der Waals surface area contributed by atoms with Gasteiger partial charge in [0.2, 0.25) is 0 Å². The average molecular weight is 428 g/mol. The Morgan fingerprint density at radius 3 is 2.27 bits per heavy atom. The Labute approximate surface area is 178 Å². The van der Waals surface area contributed by atoms with E-state index < -0.39 is 10.0 Å². The third-order valence-corrected chi connectivity index (χ3v) is 7.37. The minimum absolute atomic E-state index is 0.0855. The van der Waals surface area contributed by atoms with E-state index in [1.807, 2.05) is 26.0 Å². The Kier molecular flexibility index (Phi) is 5.84. The van der Waals surface area contributed by atoms with Crippen LogP contribution in [-0.4, -0.2) is 44.4 Å². The highest BCUT2D eigenvalue weighted by Crippen LogP contribution is 2.29. The number of amides is 1. The molecule has 30 heavy (non-hydrogen) atoms. The van der Waals surface area contributed by atoms with Crippen LogP contribution in [0.3, 0.4) is 0 Å². The highest BCUT2D eigenvalue weighted by molar-refractivity contribution is 7.92. The van der Waals surface area contributed by atoms with E-state index in [9.17, 15) is 13.2 Å². The van der Waals surface area contributed by atoms with Gasteiger partial charge in [0.15, 0.2) is 0 Å². The molecule has 0 bridgehead atoms. The van der Waals surface area contributed by atoms with Crippen LogP contribution in [0.25, 0.3) is 0 Å². The van der Waals surface area contributed by atoms with Gasteiger partial charge in [-0.05, 0) is 69.4 Å². The summed E-state index contributed by atoms with van der Waals surface area (Å²) in [6, 6.07) is 12.7. The molecule has 0 atom stereocenters. The molecule has 0 radical (unpaired) electrons. The predicted molar refractivity (Wildman–Crippen MR) is 118 cm³/mol. The number of carbonyl (C=O) groups excluding carboxylic acids is 1. The van der Waals surface area contributed by atoms with E-state index in [0.717, 1.165) is 43.1 Å². The van der Waals surface area contributed by atoms with Gasteiger partial charge in [-0.1, -0.05) is 23.8 Å². The van der Waals surface area contributed by atoms with Gasteiger partial charge in [-0.2, -0.15) is 0 Å². The number of benzene rings is 2. The highest BCUT2D eigenvalue weighted by atomic mass is 32.2. The molecule has 2 fully saturated rings. The van der Waals surface area contributed by atoms with Gasteiger partial charge in [-0.15, -0.1) is 0 Å². The van der Waals surface area contributed by atoms with Crippen LogP contribution < -0.4 is 10.0 Å². The van der Waals surface area contributed by atoms with Crippen LogP contribution in [0.15, 0.2) is 47.4 Å². The lowest BCUT2D eigenvalue weighted by molar-refractivity contribution is 0.0908. The number of nitrogens with one attached hydrogen (secondary N) is 2. The SMILES string of the molecule is Cc1ccc(NS(=O)(=O)c2ccc(C)c(C(=O)NC3CCN(C4CC4)CC3)c2)cc1. The fourth-order valence-electron chi connectivity index (χ4n) is 3.96. The van der Waals surface area contributed by atoms with Crippen molar-refractivity contribution in [1.29, 1.82) is 0 Å². The number of rotatable bonds is 6.